The number of rotatable bonds is 6. The van der Waals surface area contributed by atoms with Crippen LogP contribution in [0.5, 0.6) is 0 Å². The van der Waals surface area contributed by atoms with Gasteiger partial charge in [-0.1, -0.05) is 0 Å². The van der Waals surface area contributed by atoms with Crippen LogP contribution < -0.4 is 86.6 Å². The van der Waals surface area contributed by atoms with Crippen LogP contribution in [0.2, 0.25) is 0 Å². The molecule has 0 aromatic heterocycles. The number of anilines is 12. The molecule has 0 bridgehead atoms. The Bertz CT molecular complexity index is 6290. The zero-order valence-electron chi connectivity index (χ0n) is 68.7. The third-order valence-corrected chi connectivity index (χ3v) is 32.5. The van der Waals surface area contributed by atoms with Gasteiger partial charge in [0, 0.05) is 0 Å². The molecule has 0 saturated heterocycles. The molecule has 0 N–H and O–H groups in total. The molecule has 15 aromatic carbocycles. The van der Waals surface area contributed by atoms with Crippen LogP contribution in [0, 0.1) is 0 Å². The van der Waals surface area contributed by atoms with Gasteiger partial charge in [0.05, 0.1) is 0 Å². The van der Waals surface area contributed by atoms with Gasteiger partial charge in [-0.05, 0) is 0 Å². The van der Waals surface area contributed by atoms with Gasteiger partial charge in [-0.15, -0.1) is 0 Å². The average Bonchev–Trinajstić information content (AvgIpc) is 0.660. The second-order valence-electron chi connectivity index (χ2n) is 37.8. The molecule has 8 aliphatic rings. The third-order valence-electron chi connectivity index (χ3n) is 27.3. The van der Waals surface area contributed by atoms with Crippen molar-refractivity contribution in [3.8, 4) is 44.5 Å². The first-order valence-corrected chi connectivity index (χ1v) is 45.3. The molecular weight excluding hydrogens is 1540 g/mol. The van der Waals surface area contributed by atoms with Crippen molar-refractivity contribution in [1.29, 1.82) is 0 Å². The normalized spacial score (nSPS) is 15.3. The van der Waals surface area contributed by atoms with Crippen LogP contribution in [0.4, 0.5) is 68.2 Å². The van der Waals surface area contributed by atoms with Crippen LogP contribution in [-0.4, -0.2) is 50.1 Å². The first-order valence-electron chi connectivity index (χ1n) is 41.9. The SMILES string of the molecule is CC(C)(C)c1cc(-c2ccccc2)c(N2c3cc(C(C)(C)C)cc4c3B(c3c2cc2c5c3[Se]c3ccccc3B5c3cccc5c3N2c2ccccc2C5(C)C)c2c(cc3c5c2[Se]c2ccccc2B5c2cccc5c2N3c2ccccc2C5(C)C)N4c2c(-c3ccccc3)cc(C(C)(C)C)cc2-c2ccccc2)c(-c2ccccc2)c1. The van der Waals surface area contributed by atoms with Crippen LogP contribution >= 0.6 is 0 Å². The molecule has 0 amide bonds. The summed E-state index contributed by atoms with van der Waals surface area (Å²) in [4.78, 5) is 11.4. The van der Waals surface area contributed by atoms with Gasteiger partial charge in [-0.25, -0.2) is 0 Å². The van der Waals surface area contributed by atoms with Crippen molar-refractivity contribution in [3.05, 3.63) is 342 Å². The Kier molecular flexibility index (Phi) is 15.3. The van der Waals surface area contributed by atoms with E-state index in [1.165, 1.54) is 219 Å². The molecular formula is C108H89B3N4Se2. The van der Waals surface area contributed by atoms with E-state index in [4.69, 9.17) is 0 Å². The minimum atomic E-state index is -0.362. The Labute approximate surface area is 703 Å². The number of benzene rings is 15. The van der Waals surface area contributed by atoms with E-state index in [-0.39, 0.29) is 77.1 Å². The van der Waals surface area contributed by atoms with Gasteiger partial charge in [0.25, 0.3) is 0 Å². The monoisotopic (exact) mass is 1630 g/mol. The Morgan fingerprint density at radius 2 is 0.513 bits per heavy atom. The number of hydrogen-bond acceptors (Lipinski definition) is 4. The predicted octanol–water partition coefficient (Wildman–Crippen LogP) is 18.1. The summed E-state index contributed by atoms with van der Waals surface area (Å²) < 4.78 is 5.89. The van der Waals surface area contributed by atoms with Crippen molar-refractivity contribution in [1.82, 2.24) is 0 Å². The van der Waals surface area contributed by atoms with Gasteiger partial charge < -0.3 is 0 Å². The summed E-state index contributed by atoms with van der Waals surface area (Å²) in [6, 6.07) is 120. The first kappa shape index (κ1) is 71.1. The van der Waals surface area contributed by atoms with Crippen molar-refractivity contribution in [2.24, 2.45) is 0 Å². The average molecular weight is 1630 g/mol. The second kappa shape index (κ2) is 25.1. The fraction of sp³-hybridized carbons (Fsp3) is 0.167. The van der Waals surface area contributed by atoms with Gasteiger partial charge in [0.2, 0.25) is 0 Å². The summed E-state index contributed by atoms with van der Waals surface area (Å²) in [5, 5.41) is 0. The molecule has 0 saturated carbocycles. The molecule has 0 unspecified atom stereocenters. The fourth-order valence-electron chi connectivity index (χ4n) is 21.6. The van der Waals surface area contributed by atoms with E-state index in [0.717, 1.165) is 0 Å². The summed E-state index contributed by atoms with van der Waals surface area (Å²) in [6.45, 7) is 31.3. The Morgan fingerprint density at radius 1 is 0.239 bits per heavy atom. The van der Waals surface area contributed by atoms with E-state index in [1.54, 1.807) is 0 Å². The molecule has 8 aliphatic heterocycles. The molecule has 0 fully saturated rings. The number of nitrogens with zero attached hydrogens (tertiary/aromatic N) is 4. The van der Waals surface area contributed by atoms with Crippen LogP contribution in [0.15, 0.2) is 303 Å². The molecule has 0 aliphatic carbocycles. The van der Waals surface area contributed by atoms with Crippen molar-refractivity contribution in [3.63, 3.8) is 0 Å². The van der Waals surface area contributed by atoms with E-state index in [9.17, 15) is 0 Å². The summed E-state index contributed by atoms with van der Waals surface area (Å²) in [6.07, 6.45) is 0. The summed E-state index contributed by atoms with van der Waals surface area (Å²) >= 11 is -0.429. The second-order valence-corrected chi connectivity index (χ2v) is 42.2. The van der Waals surface area contributed by atoms with E-state index < -0.39 is 0 Å². The molecule has 8 heterocycles. The molecule has 0 radical (unpaired) electrons. The van der Waals surface area contributed by atoms with Gasteiger partial charge in [-0.2, -0.15) is 0 Å². The van der Waals surface area contributed by atoms with Crippen molar-refractivity contribution in [2.45, 2.75) is 117 Å². The van der Waals surface area contributed by atoms with Gasteiger partial charge in [-0.3, -0.25) is 0 Å². The number of hydrogen-bond donors (Lipinski definition) is 0. The first-order chi connectivity index (χ1) is 56.5. The molecule has 562 valence electrons. The number of fused-ring (bicyclic) bond motifs is 18. The van der Waals surface area contributed by atoms with Gasteiger partial charge in [0.15, 0.2) is 0 Å². The third kappa shape index (κ3) is 10.1. The van der Waals surface area contributed by atoms with E-state index in [2.05, 4.69) is 413 Å². The maximum atomic E-state index is 2.90. The Hall–Kier alpha value is -11.3. The van der Waals surface area contributed by atoms with Crippen LogP contribution in [0.3, 0.4) is 0 Å². The Morgan fingerprint density at radius 3 is 0.863 bits per heavy atom. The molecule has 23 rings (SSSR count). The standard InChI is InChI=1S/C108H89B3N4Se2/c1-104(2,3)68-56-71(64-36-18-14-19-37-64)98(72(57-68)65-38-20-15-21-39-65)114-85-60-70(106(7,8)9)61-86-93(85)111(96-89(114)62-87-94-102(96)116-91-54-32-28-48-79(91)109(94)81-50-34-46-77-100(81)112(87)83-52-30-26-44-75(83)107(77,10)11)97-90(115(86)99-73(66-40-22-16-23-41-66)58-69(105(4,5)6)59-74(99)67-42-24-17-25-43-67)63-88-95-103(97)117-92-55-33-29-49-80(92)110(95)82-51-35-47-78-101(82)113(88)84-53-31-27-45-76(84)108(78,12)13/h14-63H,1-13H3. The van der Waals surface area contributed by atoms with Crippen molar-refractivity contribution < 1.29 is 0 Å². The van der Waals surface area contributed by atoms with Gasteiger partial charge in [0.1, 0.15) is 0 Å². The fourth-order valence-corrected chi connectivity index (χ4v) is 27.2. The summed E-state index contributed by atoms with van der Waals surface area (Å²) in [5.41, 5.74) is 45.2. The summed E-state index contributed by atoms with van der Waals surface area (Å²) in [7, 11) is 0. The minimum absolute atomic E-state index is 0.0537. The maximum absolute atomic E-state index is 2.90. The molecule has 0 atom stereocenters. The van der Waals surface area contributed by atoms with E-state index >= 15 is 0 Å². The number of para-hydroxylation sites is 4. The molecule has 0 spiro atoms. The van der Waals surface area contributed by atoms with Crippen LogP contribution in [0.1, 0.15) is 129 Å². The van der Waals surface area contributed by atoms with E-state index in [1.807, 2.05) is 0 Å². The van der Waals surface area contributed by atoms with Gasteiger partial charge >= 0.3 is 709 Å². The molecule has 9 heteroatoms. The topological polar surface area (TPSA) is 13.0 Å². The zero-order valence-corrected chi connectivity index (χ0v) is 72.1. The van der Waals surface area contributed by atoms with E-state index in [0.29, 0.717) is 0 Å². The van der Waals surface area contributed by atoms with Crippen molar-refractivity contribution in [2.75, 3.05) is 19.6 Å². The molecule has 117 heavy (non-hydrogen) atoms. The molecule has 4 nitrogen and oxygen atoms in total. The predicted molar refractivity (Wildman–Crippen MR) is 504 cm³/mol. The Balaban J connectivity index is 0.969. The van der Waals surface area contributed by atoms with Crippen LogP contribution in [0.25, 0.3) is 44.5 Å². The zero-order chi connectivity index (χ0) is 79.4. The van der Waals surface area contributed by atoms with Crippen LogP contribution in [-0.2, 0) is 27.1 Å². The molecule has 15 aromatic rings. The van der Waals surface area contributed by atoms with Crippen molar-refractivity contribution >= 4 is 185 Å². The quantitative estimate of drug-likeness (QED) is 0.154. The summed E-state index contributed by atoms with van der Waals surface area (Å²) in [5.74, 6) is 0.